The Morgan fingerprint density at radius 1 is 0.424 bits per heavy atom. The molecule has 0 spiro atoms. The van der Waals surface area contributed by atoms with Crippen molar-refractivity contribution in [3.63, 3.8) is 0 Å². The van der Waals surface area contributed by atoms with E-state index < -0.39 is 55.1 Å². The number of ether oxygens (including phenoxy) is 9. The van der Waals surface area contributed by atoms with E-state index in [1.807, 2.05) is 182 Å². The van der Waals surface area contributed by atoms with Crippen LogP contribution < -0.4 is 0 Å². The third-order valence-corrected chi connectivity index (χ3v) is 12.2. The maximum absolute atomic E-state index is 12.4. The minimum Gasteiger partial charge on any atom is -0.390 e. The normalized spacial score (nSPS) is 25.4. The highest BCUT2D eigenvalue weighted by Crippen LogP contribution is 2.38. The van der Waals surface area contributed by atoms with Crippen molar-refractivity contribution in [3.8, 4) is 0 Å². The molecule has 10 atom stereocenters. The number of methoxy groups -OCH3 is 1. The first-order valence-electron chi connectivity index (χ1n) is 23.0. The zero-order valence-corrected chi connectivity index (χ0v) is 37.6. The van der Waals surface area contributed by atoms with Crippen LogP contribution >= 0.6 is 0 Å². The van der Waals surface area contributed by atoms with Crippen molar-refractivity contribution in [3.05, 3.63) is 215 Å². The summed E-state index contributed by atoms with van der Waals surface area (Å²) in [6, 6.07) is 60.1. The van der Waals surface area contributed by atoms with Crippen molar-refractivity contribution in [2.24, 2.45) is 5.92 Å². The summed E-state index contributed by atoms with van der Waals surface area (Å²) in [6.45, 7) is 2.28. The van der Waals surface area contributed by atoms with Gasteiger partial charge in [-0.25, -0.2) is 0 Å². The summed E-state index contributed by atoms with van der Waals surface area (Å²) < 4.78 is 60.7. The molecule has 346 valence electrons. The Bertz CT molecular complexity index is 2220. The second-order valence-corrected chi connectivity index (χ2v) is 17.0. The van der Waals surface area contributed by atoms with Crippen LogP contribution in [0.4, 0.5) is 0 Å². The Hall–Kier alpha value is -5.08. The third-order valence-electron chi connectivity index (χ3n) is 12.2. The van der Waals surface area contributed by atoms with E-state index in [1.54, 1.807) is 7.11 Å². The molecule has 66 heavy (non-hydrogen) atoms. The quantitative estimate of drug-likeness (QED) is 0.0670. The van der Waals surface area contributed by atoms with Crippen LogP contribution in [0.2, 0.25) is 0 Å². The summed E-state index contributed by atoms with van der Waals surface area (Å²) in [7, 11) is 1.62. The summed E-state index contributed by atoms with van der Waals surface area (Å²) >= 11 is 0. The SMILES string of the molecule is CO[C@@H]1O[C@H](COCc2ccccc2)[C@@H](O[C@@H]2C[C@H](COCc3ccccc3)[C@H](O)[C@H](OCc3ccccc3)[C@H]2OCc2ccccc2)[C@H](OCc2ccccc2)[C@H]1OCc1ccccc1. The van der Waals surface area contributed by atoms with E-state index in [-0.39, 0.29) is 45.6 Å². The lowest BCUT2D eigenvalue weighted by atomic mass is 9.80. The molecule has 0 unspecified atom stereocenters. The van der Waals surface area contributed by atoms with Gasteiger partial charge in [0.15, 0.2) is 6.29 Å². The molecule has 0 radical (unpaired) electrons. The van der Waals surface area contributed by atoms with E-state index in [1.165, 1.54) is 0 Å². The molecule has 1 aliphatic heterocycles. The molecule has 2 aliphatic rings. The van der Waals surface area contributed by atoms with E-state index in [2.05, 4.69) is 0 Å². The van der Waals surface area contributed by atoms with Gasteiger partial charge in [0.25, 0.3) is 0 Å². The van der Waals surface area contributed by atoms with Gasteiger partial charge in [0.05, 0.1) is 65.1 Å². The summed E-state index contributed by atoms with van der Waals surface area (Å²) in [5.74, 6) is -0.381. The predicted octanol–water partition coefficient (Wildman–Crippen LogP) is 9.27. The third kappa shape index (κ3) is 13.5. The lowest BCUT2D eigenvalue weighted by Gasteiger charge is -2.49. The fourth-order valence-corrected chi connectivity index (χ4v) is 8.71. The van der Waals surface area contributed by atoms with Gasteiger partial charge in [-0.1, -0.05) is 182 Å². The van der Waals surface area contributed by atoms with Crippen LogP contribution in [0.25, 0.3) is 0 Å². The Kier molecular flexibility index (Phi) is 18.1. The van der Waals surface area contributed by atoms with Crippen molar-refractivity contribution >= 4 is 0 Å². The summed E-state index contributed by atoms with van der Waals surface area (Å²) in [5, 5.41) is 12.4. The first-order valence-corrected chi connectivity index (χ1v) is 23.0. The van der Waals surface area contributed by atoms with E-state index in [0.717, 1.165) is 33.4 Å². The van der Waals surface area contributed by atoms with Crippen molar-refractivity contribution in [2.45, 2.75) is 101 Å². The highest BCUT2D eigenvalue weighted by atomic mass is 16.7. The number of hydrogen-bond acceptors (Lipinski definition) is 10. The van der Waals surface area contributed by atoms with Gasteiger partial charge in [0.1, 0.15) is 36.6 Å². The molecule has 10 heteroatoms. The van der Waals surface area contributed by atoms with Gasteiger partial charge >= 0.3 is 0 Å². The van der Waals surface area contributed by atoms with Crippen LogP contribution in [0.3, 0.4) is 0 Å². The fourth-order valence-electron chi connectivity index (χ4n) is 8.71. The van der Waals surface area contributed by atoms with Crippen LogP contribution in [0.5, 0.6) is 0 Å². The number of aliphatic hydroxyl groups is 1. The maximum atomic E-state index is 12.4. The summed E-state index contributed by atoms with van der Waals surface area (Å²) in [6.07, 6.45) is -6.39. The molecule has 1 aliphatic carbocycles. The molecule has 6 aromatic carbocycles. The number of benzene rings is 6. The van der Waals surface area contributed by atoms with E-state index in [4.69, 9.17) is 42.6 Å². The van der Waals surface area contributed by atoms with Gasteiger partial charge in [0, 0.05) is 13.0 Å². The van der Waals surface area contributed by atoms with Gasteiger partial charge in [-0.05, 0) is 39.8 Å². The molecule has 1 saturated heterocycles. The van der Waals surface area contributed by atoms with Crippen molar-refractivity contribution in [1.29, 1.82) is 0 Å². The molecule has 1 heterocycles. The van der Waals surface area contributed by atoms with Crippen LogP contribution in [0.1, 0.15) is 39.8 Å². The van der Waals surface area contributed by atoms with Crippen molar-refractivity contribution < 1.29 is 47.7 Å². The molecule has 10 nitrogen and oxygen atoms in total. The lowest BCUT2D eigenvalue weighted by molar-refractivity contribution is -0.336. The monoisotopic (exact) mass is 894 g/mol. The first-order chi connectivity index (χ1) is 32.6. The van der Waals surface area contributed by atoms with E-state index in [9.17, 15) is 5.11 Å². The highest BCUT2D eigenvalue weighted by molar-refractivity contribution is 5.18. The minimum absolute atomic E-state index is 0.165. The average molecular weight is 895 g/mol. The minimum atomic E-state index is -0.942. The first kappa shape index (κ1) is 47.4. The Morgan fingerprint density at radius 3 is 1.21 bits per heavy atom. The average Bonchev–Trinajstić information content (AvgIpc) is 3.37. The van der Waals surface area contributed by atoms with Crippen LogP contribution in [-0.2, 0) is 82.3 Å². The number of hydrogen-bond donors (Lipinski definition) is 1. The fraction of sp³-hybridized carbons (Fsp3) is 0.357. The van der Waals surface area contributed by atoms with Crippen LogP contribution in [-0.4, -0.2) is 80.6 Å². The molecular formula is C56H62O10. The zero-order valence-electron chi connectivity index (χ0n) is 37.6. The smallest absolute Gasteiger partial charge is 0.186 e. The van der Waals surface area contributed by atoms with E-state index in [0.29, 0.717) is 19.6 Å². The molecule has 0 aromatic heterocycles. The maximum Gasteiger partial charge on any atom is 0.186 e. The number of rotatable bonds is 23. The highest BCUT2D eigenvalue weighted by Gasteiger charge is 2.53. The molecular weight excluding hydrogens is 833 g/mol. The topological polar surface area (TPSA) is 103 Å². The van der Waals surface area contributed by atoms with E-state index >= 15 is 0 Å². The summed E-state index contributed by atoms with van der Waals surface area (Å²) in [4.78, 5) is 0. The molecule has 1 N–H and O–H groups in total. The van der Waals surface area contributed by atoms with Gasteiger partial charge in [-0.15, -0.1) is 0 Å². The molecule has 8 rings (SSSR count). The molecule has 0 amide bonds. The van der Waals surface area contributed by atoms with Gasteiger partial charge < -0.3 is 47.7 Å². The van der Waals surface area contributed by atoms with Gasteiger partial charge in [-0.2, -0.15) is 0 Å². The van der Waals surface area contributed by atoms with Gasteiger partial charge in [-0.3, -0.25) is 0 Å². The van der Waals surface area contributed by atoms with Crippen LogP contribution in [0, 0.1) is 5.92 Å². The standard InChI is InChI=1S/C56H62O10/c1-58-56-55(64-38-46-30-18-7-19-31-46)54(63-37-45-28-16-6-17-29-45)52(49(66-56)40-60-34-42-22-10-3-11-23-42)65-48-32-47(39-59-33-41-20-8-2-9-21-41)50(57)53(62-36-44-26-14-5-15-27-44)51(48)61-35-43-24-12-4-13-25-43/h2-31,47-57H,32-40H2,1H3/t47-,48-,49-,50+,51+,52-,53+,54+,55-,56-/m1/s1. The Balaban J connectivity index is 1.15. The Labute approximate surface area is 389 Å². The zero-order chi connectivity index (χ0) is 45.2. The van der Waals surface area contributed by atoms with Crippen molar-refractivity contribution in [2.75, 3.05) is 20.3 Å². The second-order valence-electron chi connectivity index (χ2n) is 17.0. The largest absolute Gasteiger partial charge is 0.390 e. The van der Waals surface area contributed by atoms with Crippen molar-refractivity contribution in [1.82, 2.24) is 0 Å². The summed E-state index contributed by atoms with van der Waals surface area (Å²) in [5.41, 5.74) is 6.01. The second kappa shape index (κ2) is 25.2. The molecule has 6 aromatic rings. The lowest BCUT2D eigenvalue weighted by Crippen LogP contribution is -2.64. The Morgan fingerprint density at radius 2 is 0.788 bits per heavy atom. The van der Waals surface area contributed by atoms with Crippen LogP contribution in [0.15, 0.2) is 182 Å². The molecule has 2 fully saturated rings. The van der Waals surface area contributed by atoms with Gasteiger partial charge in [0.2, 0.25) is 0 Å². The molecule has 1 saturated carbocycles. The predicted molar refractivity (Wildman–Crippen MR) is 251 cm³/mol. The number of aliphatic hydroxyl groups excluding tert-OH is 1. The molecule has 0 bridgehead atoms.